The first-order chi connectivity index (χ1) is 9.97. The number of halogens is 1. The fourth-order valence-corrected chi connectivity index (χ4v) is 3.48. The Morgan fingerprint density at radius 2 is 2.14 bits per heavy atom. The van der Waals surface area contributed by atoms with Gasteiger partial charge in [0.2, 0.25) is 0 Å². The molecule has 1 saturated heterocycles. The summed E-state index contributed by atoms with van der Waals surface area (Å²) >= 11 is 3.75. The Kier molecular flexibility index (Phi) is 6.08. The lowest BCUT2D eigenvalue weighted by Crippen LogP contribution is -2.31. The van der Waals surface area contributed by atoms with Gasteiger partial charge in [0.05, 0.1) is 5.69 Å². The monoisotopic (exact) mass is 353 g/mol. The van der Waals surface area contributed by atoms with E-state index in [-0.39, 0.29) is 0 Å². The third-order valence-corrected chi connectivity index (χ3v) is 4.76. The Bertz CT molecular complexity index is 459. The number of hydrogen-bond donors (Lipinski definition) is 1. The molecule has 0 saturated carbocycles. The van der Waals surface area contributed by atoms with E-state index in [1.165, 1.54) is 22.1 Å². The second-order valence-electron chi connectivity index (χ2n) is 6.66. The molecule has 0 radical (unpaired) electrons. The van der Waals surface area contributed by atoms with Crippen LogP contribution in [0.1, 0.15) is 25.8 Å². The first-order valence-electron chi connectivity index (χ1n) is 7.88. The summed E-state index contributed by atoms with van der Waals surface area (Å²) < 4.78 is 1.21. The molecule has 0 aliphatic carbocycles. The van der Waals surface area contributed by atoms with Gasteiger partial charge in [0, 0.05) is 30.1 Å². The van der Waals surface area contributed by atoms with Crippen molar-refractivity contribution in [3.63, 3.8) is 0 Å². The molecular weight excluding hydrogens is 326 g/mol. The zero-order valence-corrected chi connectivity index (χ0v) is 15.3. The van der Waals surface area contributed by atoms with Gasteiger partial charge in [-0.3, -0.25) is 0 Å². The maximum absolute atomic E-state index is 3.75. The summed E-state index contributed by atoms with van der Waals surface area (Å²) in [6.07, 6.45) is 1.25. The number of benzene rings is 1. The van der Waals surface area contributed by atoms with Crippen LogP contribution in [-0.2, 0) is 6.54 Å². The molecule has 0 aromatic heterocycles. The van der Waals surface area contributed by atoms with Crippen molar-refractivity contribution in [3.8, 4) is 0 Å². The maximum Gasteiger partial charge on any atom is 0.0511 e. The van der Waals surface area contributed by atoms with Gasteiger partial charge in [-0.2, -0.15) is 0 Å². The summed E-state index contributed by atoms with van der Waals surface area (Å²) in [5, 5.41) is 3.50. The summed E-state index contributed by atoms with van der Waals surface area (Å²) in [5.74, 6) is 0.695. The van der Waals surface area contributed by atoms with Gasteiger partial charge in [0.1, 0.15) is 0 Å². The van der Waals surface area contributed by atoms with Gasteiger partial charge < -0.3 is 15.1 Å². The average Bonchev–Trinajstić information content (AvgIpc) is 2.88. The topological polar surface area (TPSA) is 18.5 Å². The van der Waals surface area contributed by atoms with Crippen molar-refractivity contribution < 1.29 is 0 Å². The standard InChI is InChI=1S/C17H28BrN3/c1-13(2)10-19-11-14-5-6-17(16(18)9-14)21-8-7-15(12-21)20(3)4/h5-6,9,13,15,19H,7-8,10-12H2,1-4H3. The summed E-state index contributed by atoms with van der Waals surface area (Å²) in [5.41, 5.74) is 2.67. The molecule has 0 bridgehead atoms. The zero-order chi connectivity index (χ0) is 15.4. The zero-order valence-electron chi connectivity index (χ0n) is 13.7. The first-order valence-corrected chi connectivity index (χ1v) is 8.67. The third-order valence-electron chi connectivity index (χ3n) is 4.13. The molecule has 4 heteroatoms. The largest absolute Gasteiger partial charge is 0.369 e. The lowest BCUT2D eigenvalue weighted by atomic mass is 10.1. The Hall–Kier alpha value is -0.580. The van der Waals surface area contributed by atoms with Gasteiger partial charge in [-0.05, 0) is 66.6 Å². The fraction of sp³-hybridized carbons (Fsp3) is 0.647. The first kappa shape index (κ1) is 16.8. The molecule has 3 nitrogen and oxygen atoms in total. The van der Waals surface area contributed by atoms with E-state index in [1.807, 2.05) is 0 Å². The molecule has 0 amide bonds. The van der Waals surface area contributed by atoms with E-state index < -0.39 is 0 Å². The highest BCUT2D eigenvalue weighted by Crippen LogP contribution is 2.30. The lowest BCUT2D eigenvalue weighted by molar-refractivity contribution is 0.315. The number of nitrogens with one attached hydrogen (secondary N) is 1. The molecule has 118 valence electrons. The van der Waals surface area contributed by atoms with E-state index in [2.05, 4.69) is 77.2 Å². The van der Waals surface area contributed by atoms with Crippen LogP contribution in [0.4, 0.5) is 5.69 Å². The van der Waals surface area contributed by atoms with Crippen LogP contribution < -0.4 is 10.2 Å². The molecule has 1 unspecified atom stereocenters. The van der Waals surface area contributed by atoms with Crippen molar-refractivity contribution in [2.75, 3.05) is 38.6 Å². The van der Waals surface area contributed by atoms with Crippen LogP contribution in [0, 0.1) is 5.92 Å². The van der Waals surface area contributed by atoms with Crippen LogP contribution in [0.2, 0.25) is 0 Å². The second-order valence-corrected chi connectivity index (χ2v) is 7.52. The molecule has 21 heavy (non-hydrogen) atoms. The summed E-state index contributed by atoms with van der Waals surface area (Å²) in [6, 6.07) is 7.43. The highest BCUT2D eigenvalue weighted by molar-refractivity contribution is 9.10. The normalized spacial score (nSPS) is 19.0. The smallest absolute Gasteiger partial charge is 0.0511 e. The average molecular weight is 354 g/mol. The van der Waals surface area contributed by atoms with Crippen molar-refractivity contribution >= 4 is 21.6 Å². The Labute approximate surface area is 137 Å². The minimum absolute atomic E-state index is 0.671. The van der Waals surface area contributed by atoms with Crippen LogP contribution >= 0.6 is 15.9 Å². The number of hydrogen-bond acceptors (Lipinski definition) is 3. The molecule has 1 aliphatic heterocycles. The minimum Gasteiger partial charge on any atom is -0.369 e. The molecular formula is C17H28BrN3. The lowest BCUT2D eigenvalue weighted by Gasteiger charge is -2.23. The molecule has 0 spiro atoms. The molecule has 1 fully saturated rings. The van der Waals surface area contributed by atoms with Crippen LogP contribution in [-0.4, -0.2) is 44.7 Å². The number of rotatable bonds is 6. The van der Waals surface area contributed by atoms with Gasteiger partial charge in [-0.25, -0.2) is 0 Å². The quantitative estimate of drug-likeness (QED) is 0.845. The van der Waals surface area contributed by atoms with E-state index in [4.69, 9.17) is 0 Å². The molecule has 1 atom stereocenters. The van der Waals surface area contributed by atoms with Crippen molar-refractivity contribution in [2.45, 2.75) is 32.9 Å². The van der Waals surface area contributed by atoms with Crippen LogP contribution in [0.5, 0.6) is 0 Å². The van der Waals surface area contributed by atoms with E-state index in [9.17, 15) is 0 Å². The summed E-state index contributed by atoms with van der Waals surface area (Å²) in [7, 11) is 4.35. The molecule has 1 N–H and O–H groups in total. The predicted molar refractivity (Wildman–Crippen MR) is 95.0 cm³/mol. The van der Waals surface area contributed by atoms with Gasteiger partial charge in [0.15, 0.2) is 0 Å². The Morgan fingerprint density at radius 3 is 2.71 bits per heavy atom. The number of nitrogens with zero attached hydrogens (tertiary/aromatic N) is 2. The van der Waals surface area contributed by atoms with E-state index in [0.29, 0.717) is 12.0 Å². The van der Waals surface area contributed by atoms with Gasteiger partial charge in [0.25, 0.3) is 0 Å². The van der Waals surface area contributed by atoms with Gasteiger partial charge in [-0.15, -0.1) is 0 Å². The minimum atomic E-state index is 0.671. The third kappa shape index (κ3) is 4.70. The summed E-state index contributed by atoms with van der Waals surface area (Å²) in [6.45, 7) is 8.75. The highest BCUT2D eigenvalue weighted by Gasteiger charge is 2.25. The predicted octanol–water partition coefficient (Wildman–Crippen LogP) is 3.34. The fourth-order valence-electron chi connectivity index (χ4n) is 2.80. The van der Waals surface area contributed by atoms with Crippen molar-refractivity contribution in [3.05, 3.63) is 28.2 Å². The summed E-state index contributed by atoms with van der Waals surface area (Å²) in [4.78, 5) is 4.82. The van der Waals surface area contributed by atoms with Crippen LogP contribution in [0.3, 0.4) is 0 Å². The maximum atomic E-state index is 3.75. The van der Waals surface area contributed by atoms with Crippen LogP contribution in [0.15, 0.2) is 22.7 Å². The van der Waals surface area contributed by atoms with Crippen molar-refractivity contribution in [1.29, 1.82) is 0 Å². The Morgan fingerprint density at radius 1 is 1.38 bits per heavy atom. The van der Waals surface area contributed by atoms with E-state index in [0.717, 1.165) is 26.2 Å². The molecule has 2 rings (SSSR count). The molecule has 1 aromatic rings. The van der Waals surface area contributed by atoms with Crippen molar-refractivity contribution in [2.24, 2.45) is 5.92 Å². The number of likely N-dealkylation sites (N-methyl/N-ethyl adjacent to an activating group) is 1. The highest BCUT2D eigenvalue weighted by atomic mass is 79.9. The van der Waals surface area contributed by atoms with E-state index >= 15 is 0 Å². The van der Waals surface area contributed by atoms with Crippen molar-refractivity contribution in [1.82, 2.24) is 10.2 Å². The van der Waals surface area contributed by atoms with E-state index in [1.54, 1.807) is 0 Å². The molecule has 1 heterocycles. The second kappa shape index (κ2) is 7.61. The SMILES string of the molecule is CC(C)CNCc1ccc(N2CCC(N(C)C)C2)c(Br)c1. The molecule has 1 aliphatic rings. The van der Waals surface area contributed by atoms with Gasteiger partial charge in [-0.1, -0.05) is 19.9 Å². The molecule has 1 aromatic carbocycles. The van der Waals surface area contributed by atoms with Gasteiger partial charge >= 0.3 is 0 Å². The number of anilines is 1. The van der Waals surface area contributed by atoms with Crippen LogP contribution in [0.25, 0.3) is 0 Å². The Balaban J connectivity index is 1.96.